The zero-order valence-corrected chi connectivity index (χ0v) is 19.3. The van der Waals surface area contributed by atoms with Crippen LogP contribution in [0.3, 0.4) is 0 Å². The highest BCUT2D eigenvalue weighted by atomic mass is 32.2. The molecule has 0 radical (unpaired) electrons. The minimum Gasteiger partial charge on any atom is -0.466 e. The lowest BCUT2D eigenvalue weighted by Gasteiger charge is -2.35. The SMILES string of the molecule is CCOC(=O)[C@H]1CCCN(c2c(S(=O)(=O)c3ccccc3)cnc3ccc(CC)cc23)C1. The Morgan fingerprint density at radius 1 is 1.16 bits per heavy atom. The van der Waals surface area contributed by atoms with Crippen LogP contribution in [0.1, 0.15) is 32.3 Å². The van der Waals surface area contributed by atoms with Gasteiger partial charge >= 0.3 is 5.97 Å². The fourth-order valence-electron chi connectivity index (χ4n) is 4.31. The van der Waals surface area contributed by atoms with Crippen molar-refractivity contribution in [3.63, 3.8) is 0 Å². The van der Waals surface area contributed by atoms with Gasteiger partial charge in [-0.1, -0.05) is 31.2 Å². The number of benzene rings is 2. The van der Waals surface area contributed by atoms with E-state index in [9.17, 15) is 13.2 Å². The molecule has 1 fully saturated rings. The molecule has 0 saturated carbocycles. The summed E-state index contributed by atoms with van der Waals surface area (Å²) in [4.78, 5) is 19.4. The Hall–Kier alpha value is -2.93. The molecule has 168 valence electrons. The molecule has 2 aromatic carbocycles. The van der Waals surface area contributed by atoms with Crippen LogP contribution in [0.15, 0.2) is 64.5 Å². The van der Waals surface area contributed by atoms with E-state index in [0.717, 1.165) is 35.7 Å². The van der Waals surface area contributed by atoms with Crippen LogP contribution in [0.5, 0.6) is 0 Å². The number of fused-ring (bicyclic) bond motifs is 1. The Morgan fingerprint density at radius 2 is 1.94 bits per heavy atom. The number of rotatable bonds is 6. The van der Waals surface area contributed by atoms with Crippen LogP contribution < -0.4 is 4.90 Å². The molecule has 1 atom stereocenters. The number of aryl methyl sites for hydroxylation is 1. The quantitative estimate of drug-likeness (QED) is 0.516. The summed E-state index contributed by atoms with van der Waals surface area (Å²) >= 11 is 0. The number of piperidine rings is 1. The number of ether oxygens (including phenoxy) is 1. The van der Waals surface area contributed by atoms with Gasteiger partial charge in [0.2, 0.25) is 9.84 Å². The molecule has 1 aliphatic rings. The Labute approximate surface area is 189 Å². The zero-order chi connectivity index (χ0) is 22.7. The van der Waals surface area contributed by atoms with Crippen LogP contribution in [-0.2, 0) is 25.8 Å². The fourth-order valence-corrected chi connectivity index (χ4v) is 5.76. The van der Waals surface area contributed by atoms with Gasteiger partial charge in [-0.3, -0.25) is 9.78 Å². The zero-order valence-electron chi connectivity index (χ0n) is 18.5. The summed E-state index contributed by atoms with van der Waals surface area (Å²) in [6.07, 6.45) is 3.81. The molecular formula is C25H28N2O4S. The van der Waals surface area contributed by atoms with Crippen LogP contribution in [0, 0.1) is 5.92 Å². The molecule has 1 aliphatic heterocycles. The average molecular weight is 453 g/mol. The van der Waals surface area contributed by atoms with Crippen molar-refractivity contribution < 1.29 is 17.9 Å². The number of anilines is 1. The van der Waals surface area contributed by atoms with E-state index in [1.807, 2.05) is 23.1 Å². The lowest BCUT2D eigenvalue weighted by Crippen LogP contribution is -2.40. The summed E-state index contributed by atoms with van der Waals surface area (Å²) in [5, 5.41) is 0.797. The van der Waals surface area contributed by atoms with E-state index in [1.54, 1.807) is 37.3 Å². The maximum absolute atomic E-state index is 13.7. The normalized spacial score (nSPS) is 16.8. The third-order valence-corrected chi connectivity index (χ3v) is 7.75. The molecule has 0 spiro atoms. The Kier molecular flexibility index (Phi) is 6.46. The van der Waals surface area contributed by atoms with Crippen LogP contribution in [0.25, 0.3) is 10.9 Å². The predicted molar refractivity (Wildman–Crippen MR) is 125 cm³/mol. The molecule has 1 aromatic heterocycles. The van der Waals surface area contributed by atoms with E-state index in [0.29, 0.717) is 25.4 Å². The first kappa shape index (κ1) is 22.3. The fraction of sp³-hybridized carbons (Fsp3) is 0.360. The number of sulfone groups is 1. The van der Waals surface area contributed by atoms with Crippen molar-refractivity contribution in [3.8, 4) is 0 Å². The number of aromatic nitrogens is 1. The van der Waals surface area contributed by atoms with E-state index in [2.05, 4.69) is 11.9 Å². The number of nitrogens with zero attached hydrogens (tertiary/aromatic N) is 2. The highest BCUT2D eigenvalue weighted by Gasteiger charge is 2.32. The molecule has 4 rings (SSSR count). The molecule has 7 heteroatoms. The first-order valence-corrected chi connectivity index (χ1v) is 12.6. The van der Waals surface area contributed by atoms with Crippen LogP contribution in [0.4, 0.5) is 5.69 Å². The molecule has 32 heavy (non-hydrogen) atoms. The van der Waals surface area contributed by atoms with Crippen molar-refractivity contribution in [3.05, 3.63) is 60.3 Å². The summed E-state index contributed by atoms with van der Waals surface area (Å²) in [5.74, 6) is -0.508. The first-order chi connectivity index (χ1) is 15.5. The van der Waals surface area contributed by atoms with Crippen molar-refractivity contribution in [1.29, 1.82) is 0 Å². The van der Waals surface area contributed by atoms with Crippen LogP contribution >= 0.6 is 0 Å². The Balaban J connectivity index is 1.90. The minimum absolute atomic E-state index is 0.175. The van der Waals surface area contributed by atoms with Crippen LogP contribution in [0.2, 0.25) is 0 Å². The second-order valence-electron chi connectivity index (χ2n) is 8.03. The summed E-state index contributed by atoms with van der Waals surface area (Å²) in [6.45, 7) is 5.29. The number of pyridine rings is 1. The molecular weight excluding hydrogens is 424 g/mol. The smallest absolute Gasteiger partial charge is 0.310 e. The molecule has 0 amide bonds. The standard InChI is InChI=1S/C25H28N2O4S/c1-3-18-12-13-22-21(15-18)24(27-14-8-9-19(17-27)25(28)31-4-2)23(16-26-22)32(29,30)20-10-6-5-7-11-20/h5-7,10-13,15-16,19H,3-4,8-9,14,17H2,1-2H3/t19-/m0/s1. The minimum atomic E-state index is -3.80. The molecule has 6 nitrogen and oxygen atoms in total. The largest absolute Gasteiger partial charge is 0.466 e. The number of hydrogen-bond acceptors (Lipinski definition) is 6. The van der Waals surface area contributed by atoms with Gasteiger partial charge in [-0.2, -0.15) is 0 Å². The van der Waals surface area contributed by atoms with Crippen LogP contribution in [-0.4, -0.2) is 39.1 Å². The van der Waals surface area contributed by atoms with Gasteiger partial charge in [0, 0.05) is 24.7 Å². The molecule has 3 aromatic rings. The number of carbonyl (C=O) groups excluding carboxylic acids is 1. The lowest BCUT2D eigenvalue weighted by molar-refractivity contribution is -0.148. The second kappa shape index (κ2) is 9.28. The predicted octanol–water partition coefficient (Wildman–Crippen LogP) is 4.41. The number of carbonyl (C=O) groups is 1. The van der Waals surface area contributed by atoms with Gasteiger partial charge in [-0.05, 0) is 56.0 Å². The molecule has 0 unspecified atom stereocenters. The maximum Gasteiger partial charge on any atom is 0.310 e. The monoisotopic (exact) mass is 452 g/mol. The second-order valence-corrected chi connectivity index (χ2v) is 9.95. The summed E-state index contributed by atoms with van der Waals surface area (Å²) in [7, 11) is -3.80. The van der Waals surface area contributed by atoms with E-state index in [4.69, 9.17) is 4.74 Å². The molecule has 1 saturated heterocycles. The summed E-state index contributed by atoms with van der Waals surface area (Å²) in [6, 6.07) is 14.4. The number of hydrogen-bond donors (Lipinski definition) is 0. The maximum atomic E-state index is 13.7. The first-order valence-electron chi connectivity index (χ1n) is 11.1. The summed E-state index contributed by atoms with van der Waals surface area (Å²) < 4.78 is 32.6. The van der Waals surface area contributed by atoms with Gasteiger partial charge in [0.15, 0.2) is 0 Å². The highest BCUT2D eigenvalue weighted by Crippen LogP contribution is 2.38. The topological polar surface area (TPSA) is 76.6 Å². The van der Waals surface area contributed by atoms with Gasteiger partial charge in [-0.25, -0.2) is 8.42 Å². The van der Waals surface area contributed by atoms with E-state index >= 15 is 0 Å². The van der Waals surface area contributed by atoms with E-state index < -0.39 is 9.84 Å². The molecule has 2 heterocycles. The Morgan fingerprint density at radius 3 is 2.66 bits per heavy atom. The van der Waals surface area contributed by atoms with Crippen molar-refractivity contribution in [1.82, 2.24) is 4.98 Å². The Bertz CT molecular complexity index is 1230. The van der Waals surface area contributed by atoms with E-state index in [-0.39, 0.29) is 21.7 Å². The van der Waals surface area contributed by atoms with Gasteiger partial charge in [0.25, 0.3) is 0 Å². The van der Waals surface area contributed by atoms with Crippen molar-refractivity contribution in [2.24, 2.45) is 5.92 Å². The van der Waals surface area contributed by atoms with Crippen molar-refractivity contribution in [2.75, 3.05) is 24.6 Å². The lowest BCUT2D eigenvalue weighted by atomic mass is 9.97. The molecule has 0 bridgehead atoms. The third kappa shape index (κ3) is 4.21. The van der Waals surface area contributed by atoms with Crippen molar-refractivity contribution in [2.45, 2.75) is 42.9 Å². The highest BCUT2D eigenvalue weighted by molar-refractivity contribution is 7.91. The third-order valence-electron chi connectivity index (χ3n) is 5.98. The van der Waals surface area contributed by atoms with Gasteiger partial charge in [0.05, 0.1) is 28.6 Å². The van der Waals surface area contributed by atoms with E-state index in [1.165, 1.54) is 6.20 Å². The average Bonchev–Trinajstić information content (AvgIpc) is 2.83. The van der Waals surface area contributed by atoms with Gasteiger partial charge in [0.1, 0.15) is 4.90 Å². The summed E-state index contributed by atoms with van der Waals surface area (Å²) in [5.41, 5.74) is 2.47. The van der Waals surface area contributed by atoms with Gasteiger partial charge < -0.3 is 9.64 Å². The molecule has 0 aliphatic carbocycles. The van der Waals surface area contributed by atoms with Crippen molar-refractivity contribution >= 4 is 32.4 Å². The number of esters is 1. The molecule has 0 N–H and O–H groups in total. The van der Waals surface area contributed by atoms with Gasteiger partial charge in [-0.15, -0.1) is 0 Å².